The van der Waals surface area contributed by atoms with Crippen LogP contribution >= 0.6 is 45.3 Å². The van der Waals surface area contributed by atoms with Crippen LogP contribution in [0.3, 0.4) is 0 Å². The van der Waals surface area contributed by atoms with Crippen molar-refractivity contribution in [1.29, 1.82) is 0 Å². The van der Waals surface area contributed by atoms with Crippen LogP contribution in [0, 0.1) is 37.5 Å². The maximum Gasteiger partial charge on any atom is 0.214 e. The van der Waals surface area contributed by atoms with Gasteiger partial charge in [-0.15, -0.1) is 45.3 Å². The minimum absolute atomic E-state index is 0.152. The average Bonchev–Trinajstić information content (AvgIpc) is 1.49. The van der Waals surface area contributed by atoms with E-state index >= 15 is 9.59 Å². The number of aryl methyl sites for hydroxylation is 2. The van der Waals surface area contributed by atoms with Crippen molar-refractivity contribution in [1.82, 2.24) is 39.9 Å². The lowest BCUT2D eigenvalue weighted by atomic mass is 9.78. The molecule has 0 spiro atoms. The van der Waals surface area contributed by atoms with E-state index in [1.807, 2.05) is 72.0 Å². The maximum atomic E-state index is 15.7. The van der Waals surface area contributed by atoms with Gasteiger partial charge in [-0.3, -0.25) is 9.59 Å². The molecule has 0 saturated heterocycles. The molecule has 2 aliphatic carbocycles. The van der Waals surface area contributed by atoms with E-state index in [1.165, 1.54) is 144 Å². The summed E-state index contributed by atoms with van der Waals surface area (Å²) in [6, 6.07) is 67.2. The molecule has 2 aliphatic heterocycles. The number of hydrogen-bond donors (Lipinski definition) is 0. The lowest BCUT2D eigenvalue weighted by molar-refractivity contribution is 0.0324. The van der Waals surface area contributed by atoms with Crippen molar-refractivity contribution in [3.05, 3.63) is 238 Å². The van der Waals surface area contributed by atoms with E-state index < -0.39 is 11.2 Å². The number of aromatic nitrogens is 8. The van der Waals surface area contributed by atoms with Gasteiger partial charge < -0.3 is 9.47 Å². The lowest BCUT2D eigenvalue weighted by Crippen LogP contribution is -2.36. The molecule has 8 aromatic heterocycles. The Hall–Kier alpha value is -11.1. The van der Waals surface area contributed by atoms with E-state index in [9.17, 15) is 0 Å². The second-order valence-corrected chi connectivity index (χ2v) is 45.4. The Bertz CT molecular complexity index is 7100. The van der Waals surface area contributed by atoms with E-state index in [0.29, 0.717) is 102 Å². The second-order valence-electron chi connectivity index (χ2n) is 41.0. The minimum atomic E-state index is -0.855. The van der Waals surface area contributed by atoms with Gasteiger partial charge in [0, 0.05) is 97.4 Å². The largest absolute Gasteiger partial charge is 0.481 e. The first-order chi connectivity index (χ1) is 67.4. The standard InChI is InChI=1S/C122H130N8O4S4/c1-11-13-15-17-19-21-23-25-27-45-67-121(68-46-28-26-24-22-20-18-16-14-12-2)89-71-79(9)135-117(89)119-91(133-121)73-95(137-119)98-110-109(126-103(83-57-37-31-38-58-83)104(127-110)84-59-39-32-40-60-84)96(111-112(98)130-114-106(128-111)86-62-42-44-64-88(86)116(114)132)93-72-90-118(136-93)120-92(134-122(90,69-65-77(7)51-47-49-75(3)4)70-66-78(8)52-48-50-76(5)6)74-94(138-120)97-107-99(123-101(81-53-33-29-34-54-81)102(125-107)82-55-35-30-36-56-82)80(10)100-108(97)129-113-105(124-100)85-61-41-43-63-87(85)115(113)131/h29-44,53-64,71-78H,11-28,45-52,65-70H2,1-10H3. The summed E-state index contributed by atoms with van der Waals surface area (Å²) in [5, 5.41) is 0. The van der Waals surface area contributed by atoms with Crippen LogP contribution in [0.2, 0.25) is 0 Å². The number of nitrogens with zero attached hydrogens (tertiary/aromatic N) is 8. The summed E-state index contributed by atoms with van der Waals surface area (Å²) in [6.45, 7) is 23.3. The zero-order valence-corrected chi connectivity index (χ0v) is 85.5. The number of carbonyl (C=O) groups excluding carboxylic acids is 2. The second kappa shape index (κ2) is 41.7. The molecule has 8 aromatic carbocycles. The molecule has 0 amide bonds. The summed E-state index contributed by atoms with van der Waals surface area (Å²) in [7, 11) is 0. The molecule has 2 unspecified atom stereocenters. The molecule has 16 aromatic rings. The number of ether oxygens (including phenoxy) is 2. The molecule has 16 heteroatoms. The van der Waals surface area contributed by atoms with Crippen molar-refractivity contribution in [2.24, 2.45) is 23.7 Å². The van der Waals surface area contributed by atoms with Gasteiger partial charge >= 0.3 is 0 Å². The number of benzene rings is 8. The van der Waals surface area contributed by atoms with Gasteiger partial charge in [0.25, 0.3) is 0 Å². The molecule has 10 heterocycles. The van der Waals surface area contributed by atoms with Crippen molar-refractivity contribution in [3.8, 4) is 130 Å². The summed E-state index contributed by atoms with van der Waals surface area (Å²) >= 11 is 7.11. The van der Waals surface area contributed by atoms with Crippen molar-refractivity contribution < 1.29 is 19.1 Å². The number of unbranched alkanes of at least 4 members (excludes halogenated alkanes) is 18. The monoisotopic (exact) mass is 1900 g/mol. The van der Waals surface area contributed by atoms with Gasteiger partial charge in [0.2, 0.25) is 11.6 Å². The zero-order valence-electron chi connectivity index (χ0n) is 82.3. The van der Waals surface area contributed by atoms with Crippen LogP contribution in [0.25, 0.3) is 163 Å². The first-order valence-corrected chi connectivity index (χ1v) is 55.3. The number of thiophene rings is 4. The molecule has 20 rings (SSSR count). The van der Waals surface area contributed by atoms with Crippen molar-refractivity contribution in [3.63, 3.8) is 0 Å². The molecule has 4 aliphatic rings. The highest BCUT2D eigenvalue weighted by Crippen LogP contribution is 2.63. The molecule has 12 nitrogen and oxygen atoms in total. The summed E-state index contributed by atoms with van der Waals surface area (Å²) in [5.41, 5.74) is 20.4. The Kier molecular flexibility index (Phi) is 28.6. The van der Waals surface area contributed by atoms with E-state index in [2.05, 4.69) is 203 Å². The Morgan fingerprint density at radius 2 is 0.580 bits per heavy atom. The highest BCUT2D eigenvalue weighted by molar-refractivity contribution is 7.26. The molecule has 0 bridgehead atoms. The van der Waals surface area contributed by atoms with Crippen LogP contribution in [0.4, 0.5) is 0 Å². The third-order valence-corrected chi connectivity index (χ3v) is 34.6. The third kappa shape index (κ3) is 18.8. The van der Waals surface area contributed by atoms with Crippen molar-refractivity contribution in [2.45, 2.75) is 286 Å². The van der Waals surface area contributed by atoms with E-state index in [-0.39, 0.29) is 11.6 Å². The average molecular weight is 1900 g/mol. The third-order valence-electron chi connectivity index (χ3n) is 29.8. The zero-order chi connectivity index (χ0) is 94.7. The number of fused-ring (bicyclic) bond motifs is 16. The Balaban J connectivity index is 0.830. The van der Waals surface area contributed by atoms with Gasteiger partial charge in [-0.25, -0.2) is 39.9 Å². The minimum Gasteiger partial charge on any atom is -0.481 e. The van der Waals surface area contributed by atoms with Crippen molar-refractivity contribution in [2.75, 3.05) is 0 Å². The molecule has 0 fully saturated rings. The van der Waals surface area contributed by atoms with E-state index in [1.54, 1.807) is 34.0 Å². The summed E-state index contributed by atoms with van der Waals surface area (Å²) in [5.74, 6) is 3.37. The number of rotatable bonds is 43. The molecule has 138 heavy (non-hydrogen) atoms. The quantitative estimate of drug-likeness (QED) is 0.0264. The first kappa shape index (κ1) is 94.5. The fraction of sp³-hybridized carbons (Fsp3) is 0.393. The van der Waals surface area contributed by atoms with Gasteiger partial charge in [-0.2, -0.15) is 0 Å². The van der Waals surface area contributed by atoms with Gasteiger partial charge in [-0.1, -0.05) is 379 Å². The van der Waals surface area contributed by atoms with Crippen LogP contribution in [-0.4, -0.2) is 51.4 Å². The fourth-order valence-electron chi connectivity index (χ4n) is 22.2. The van der Waals surface area contributed by atoms with Crippen LogP contribution in [0.1, 0.15) is 315 Å². The topological polar surface area (TPSA) is 156 Å². The molecule has 0 radical (unpaired) electrons. The Morgan fingerprint density at radius 3 is 0.964 bits per heavy atom. The summed E-state index contributed by atoms with van der Waals surface area (Å²) in [6.07, 6.45) is 37.5. The highest BCUT2D eigenvalue weighted by Gasteiger charge is 2.48. The molecular formula is C122H130N8O4S4. The lowest BCUT2D eigenvalue weighted by Gasteiger charge is -2.39. The summed E-state index contributed by atoms with van der Waals surface area (Å²) in [4.78, 5) is 86.8. The molecular weight excluding hydrogens is 1770 g/mol. The van der Waals surface area contributed by atoms with Crippen LogP contribution in [0.5, 0.6) is 11.5 Å². The van der Waals surface area contributed by atoms with Crippen LogP contribution < -0.4 is 9.47 Å². The number of carbonyl (C=O) groups is 2. The molecule has 0 N–H and O–H groups in total. The Labute approximate surface area is 831 Å². The van der Waals surface area contributed by atoms with Gasteiger partial charge in [0.05, 0.1) is 53.3 Å². The molecule has 0 saturated carbocycles. The van der Waals surface area contributed by atoms with Crippen LogP contribution in [0.15, 0.2) is 194 Å². The number of ketones is 2. The Morgan fingerprint density at radius 1 is 0.283 bits per heavy atom. The predicted molar refractivity (Wildman–Crippen MR) is 578 cm³/mol. The summed E-state index contributed by atoms with van der Waals surface area (Å²) < 4.78 is 16.5. The first-order valence-electron chi connectivity index (χ1n) is 52.0. The van der Waals surface area contributed by atoms with Crippen molar-refractivity contribution >= 4 is 101 Å². The number of hydrogen-bond acceptors (Lipinski definition) is 16. The van der Waals surface area contributed by atoms with E-state index in [4.69, 9.17) is 49.3 Å². The van der Waals surface area contributed by atoms with Gasteiger partial charge in [0.15, 0.2) is 0 Å². The highest BCUT2D eigenvalue weighted by atomic mass is 32.1. The smallest absolute Gasteiger partial charge is 0.214 e. The fourth-order valence-corrected chi connectivity index (χ4v) is 27.2. The SMILES string of the molecule is CCCCCCCCCCCCC1(CCCCCCCCCCCC)Oc2cc(-c3c4nc5c(nc4c(-c4cc6c(s4)-c4sc(-c7c8nc9c(nc8c(C)c8nc(-c%10ccccc%10)c(-c%10ccccc%10)nc78)-c7ccccc7C9=O)cc4OC6(CCC(C)CCCC(C)C)CCC(C)CCCC(C)C)c4nc(-c6ccccc6)c(-c6ccccc6)nc34)-c3ccccc3C5=O)sc2-c2sc(C)cc21. The maximum absolute atomic E-state index is 15.7. The molecule has 2 atom stereocenters. The van der Waals surface area contributed by atoms with E-state index in [0.717, 1.165) is 202 Å². The van der Waals surface area contributed by atoms with Gasteiger partial charge in [-0.05, 0) is 113 Å². The normalized spacial score (nSPS) is 14.8. The molecule has 706 valence electrons. The van der Waals surface area contributed by atoms with Crippen LogP contribution in [-0.2, 0) is 11.2 Å². The van der Waals surface area contributed by atoms with Gasteiger partial charge in [0.1, 0.15) is 78.6 Å². The predicted octanol–water partition coefficient (Wildman–Crippen LogP) is 36.0.